The Balaban J connectivity index is 1.97. The number of rotatable bonds is 9. The molecule has 0 bridgehead atoms. The molecule has 11 heteroatoms. The lowest BCUT2D eigenvalue weighted by atomic mass is 10.2. The van der Waals surface area contributed by atoms with Gasteiger partial charge in [-0.1, -0.05) is 0 Å². The standard InChI is InChI=1S/C28H25F3O6S2/c1-34-21-6-14-24(15-7-21)38(25-16-8-22(35-2)9-17-25,26-18-10-23(36-3)11-19-26)37-39(32,33)27-12-4-20(5-13-27)28(29,30)31/h4-19H,1-3H3. The van der Waals surface area contributed by atoms with Crippen LogP contribution in [0.1, 0.15) is 5.56 Å². The van der Waals surface area contributed by atoms with Crippen LogP contribution in [0.4, 0.5) is 13.2 Å². The van der Waals surface area contributed by atoms with Gasteiger partial charge in [0.1, 0.15) is 17.2 Å². The molecule has 0 aromatic heterocycles. The van der Waals surface area contributed by atoms with E-state index in [-0.39, 0.29) is 0 Å². The molecule has 0 saturated heterocycles. The van der Waals surface area contributed by atoms with Crippen LogP contribution in [0.2, 0.25) is 0 Å². The van der Waals surface area contributed by atoms with E-state index >= 15 is 0 Å². The Morgan fingerprint density at radius 3 is 1.10 bits per heavy atom. The zero-order valence-electron chi connectivity index (χ0n) is 21.1. The molecule has 0 radical (unpaired) electrons. The molecule has 0 amide bonds. The third-order valence-electron chi connectivity index (χ3n) is 5.84. The first-order valence-electron chi connectivity index (χ1n) is 11.4. The number of ether oxygens (including phenoxy) is 3. The maximum atomic E-state index is 13.7. The number of hydrogen-bond acceptors (Lipinski definition) is 6. The van der Waals surface area contributed by atoms with Crippen molar-refractivity contribution in [1.29, 1.82) is 0 Å². The largest absolute Gasteiger partial charge is 0.497 e. The molecule has 0 spiro atoms. The lowest BCUT2D eigenvalue weighted by molar-refractivity contribution is -0.137. The van der Waals surface area contributed by atoms with E-state index in [1.807, 2.05) is 0 Å². The summed E-state index contributed by atoms with van der Waals surface area (Å²) in [6.07, 6.45) is -4.62. The number of alkyl halides is 3. The van der Waals surface area contributed by atoms with E-state index in [4.69, 9.17) is 17.8 Å². The van der Waals surface area contributed by atoms with E-state index in [1.54, 1.807) is 72.8 Å². The van der Waals surface area contributed by atoms with Gasteiger partial charge in [-0.2, -0.15) is 21.6 Å². The average molecular weight is 579 g/mol. The van der Waals surface area contributed by atoms with Crippen LogP contribution in [0.3, 0.4) is 0 Å². The van der Waals surface area contributed by atoms with Gasteiger partial charge in [-0.3, -0.25) is 0 Å². The van der Waals surface area contributed by atoms with Crippen molar-refractivity contribution in [3.8, 4) is 17.2 Å². The van der Waals surface area contributed by atoms with Crippen LogP contribution in [-0.2, 0) is 19.9 Å². The predicted molar refractivity (Wildman–Crippen MR) is 141 cm³/mol. The van der Waals surface area contributed by atoms with Crippen molar-refractivity contribution >= 4 is 20.4 Å². The van der Waals surface area contributed by atoms with Gasteiger partial charge in [0.15, 0.2) is 0 Å². The Morgan fingerprint density at radius 2 is 0.821 bits per heavy atom. The highest BCUT2D eigenvalue weighted by Crippen LogP contribution is 2.70. The molecule has 4 aromatic carbocycles. The molecule has 0 heterocycles. The second-order valence-electron chi connectivity index (χ2n) is 8.13. The van der Waals surface area contributed by atoms with E-state index in [0.29, 0.717) is 44.1 Å². The highest BCUT2D eigenvalue weighted by atomic mass is 32.3. The molecule has 0 aliphatic carbocycles. The summed E-state index contributed by atoms with van der Waals surface area (Å²) in [5.74, 6) is 1.63. The Labute approximate surface area is 226 Å². The van der Waals surface area contributed by atoms with Gasteiger partial charge in [0.05, 0.1) is 31.8 Å². The average Bonchev–Trinajstić information content (AvgIpc) is 2.96. The Bertz CT molecular complexity index is 1390. The van der Waals surface area contributed by atoms with Crippen molar-refractivity contribution in [1.82, 2.24) is 0 Å². The van der Waals surface area contributed by atoms with E-state index in [1.165, 1.54) is 21.3 Å². The van der Waals surface area contributed by atoms with Gasteiger partial charge in [0.25, 0.3) is 0 Å². The Morgan fingerprint density at radius 1 is 0.513 bits per heavy atom. The van der Waals surface area contributed by atoms with Crippen molar-refractivity contribution in [2.24, 2.45) is 0 Å². The van der Waals surface area contributed by atoms with Crippen LogP contribution in [0.15, 0.2) is 117 Å². The fraction of sp³-hybridized carbons (Fsp3) is 0.143. The van der Waals surface area contributed by atoms with E-state index in [0.717, 1.165) is 12.1 Å². The van der Waals surface area contributed by atoms with Crippen LogP contribution < -0.4 is 14.2 Å². The normalized spacial score (nSPS) is 12.6. The summed E-state index contributed by atoms with van der Waals surface area (Å²) in [4.78, 5) is 1.11. The van der Waals surface area contributed by atoms with Crippen LogP contribution in [0, 0.1) is 0 Å². The molecule has 0 saturated carbocycles. The Kier molecular flexibility index (Phi) is 8.15. The minimum absolute atomic E-state index is 0.414. The Hall–Kier alpha value is -3.67. The molecular formula is C28H25F3O6S2. The molecule has 0 N–H and O–H groups in total. The second-order valence-corrected chi connectivity index (χ2v) is 12.6. The summed E-state index contributed by atoms with van der Waals surface area (Å²) in [5, 5.41) is 0. The summed E-state index contributed by atoms with van der Waals surface area (Å²) in [6, 6.07) is 23.5. The fourth-order valence-corrected chi connectivity index (χ4v) is 8.99. The molecular weight excluding hydrogens is 553 g/mol. The van der Waals surface area contributed by atoms with Gasteiger partial charge in [0.2, 0.25) is 0 Å². The van der Waals surface area contributed by atoms with E-state index < -0.39 is 37.1 Å². The van der Waals surface area contributed by atoms with Crippen molar-refractivity contribution in [2.75, 3.05) is 21.3 Å². The lowest BCUT2D eigenvalue weighted by Gasteiger charge is -2.39. The quantitative estimate of drug-likeness (QED) is 0.207. The molecule has 0 atom stereocenters. The molecule has 206 valence electrons. The minimum atomic E-state index is -4.62. The summed E-state index contributed by atoms with van der Waals surface area (Å²) in [7, 11) is -3.10. The molecule has 6 nitrogen and oxygen atoms in total. The van der Waals surface area contributed by atoms with Crippen LogP contribution in [0.5, 0.6) is 17.2 Å². The molecule has 4 aromatic rings. The number of benzene rings is 4. The topological polar surface area (TPSA) is 71.1 Å². The van der Waals surface area contributed by atoms with Crippen molar-refractivity contribution in [3.05, 3.63) is 103 Å². The first kappa shape index (κ1) is 28.3. The molecule has 0 aliphatic rings. The molecule has 0 aliphatic heterocycles. The minimum Gasteiger partial charge on any atom is -0.497 e. The van der Waals surface area contributed by atoms with Gasteiger partial charge in [-0.15, -0.1) is 0 Å². The summed E-state index contributed by atoms with van der Waals surface area (Å²) in [6.45, 7) is 0. The number of methoxy groups -OCH3 is 3. The second kappa shape index (κ2) is 11.2. The third kappa shape index (κ3) is 5.85. The van der Waals surface area contributed by atoms with Gasteiger partial charge < -0.3 is 14.2 Å². The molecule has 0 fully saturated rings. The highest BCUT2D eigenvalue weighted by Gasteiger charge is 2.39. The van der Waals surface area contributed by atoms with E-state index in [2.05, 4.69) is 0 Å². The van der Waals surface area contributed by atoms with Gasteiger partial charge in [-0.25, -0.2) is 3.63 Å². The predicted octanol–water partition coefficient (Wildman–Crippen LogP) is 7.33. The number of hydrogen-bond donors (Lipinski definition) is 0. The lowest BCUT2D eigenvalue weighted by Crippen LogP contribution is -2.15. The third-order valence-corrected chi connectivity index (χ3v) is 11.0. The first-order valence-corrected chi connectivity index (χ1v) is 14.4. The molecule has 0 unspecified atom stereocenters. The van der Waals surface area contributed by atoms with Gasteiger partial charge in [-0.05, 0) is 107 Å². The van der Waals surface area contributed by atoms with Crippen LogP contribution >= 0.6 is 10.3 Å². The van der Waals surface area contributed by atoms with Crippen LogP contribution in [0.25, 0.3) is 0 Å². The van der Waals surface area contributed by atoms with E-state index in [9.17, 15) is 21.6 Å². The first-order chi connectivity index (χ1) is 18.5. The maximum Gasteiger partial charge on any atom is 0.416 e. The molecule has 4 rings (SSSR count). The summed E-state index contributed by atoms with van der Waals surface area (Å²) in [5.41, 5.74) is -0.972. The smallest absolute Gasteiger partial charge is 0.416 e. The summed E-state index contributed by atoms with van der Waals surface area (Å²) >= 11 is 0. The summed E-state index contributed by atoms with van der Waals surface area (Å²) < 4.78 is 88.9. The van der Waals surface area contributed by atoms with Gasteiger partial charge in [0, 0.05) is 14.7 Å². The van der Waals surface area contributed by atoms with Crippen molar-refractivity contribution in [3.63, 3.8) is 0 Å². The maximum absolute atomic E-state index is 13.7. The number of halogens is 3. The SMILES string of the molecule is COc1ccc(S(OS(=O)(=O)c2ccc(C(F)(F)F)cc2)(c2ccc(OC)cc2)c2ccc(OC)cc2)cc1. The monoisotopic (exact) mass is 578 g/mol. The zero-order chi connectivity index (χ0) is 28.3. The fourth-order valence-electron chi connectivity index (χ4n) is 3.81. The van der Waals surface area contributed by atoms with Crippen molar-refractivity contribution < 1.29 is 39.4 Å². The van der Waals surface area contributed by atoms with Gasteiger partial charge >= 0.3 is 16.3 Å². The van der Waals surface area contributed by atoms with Crippen LogP contribution in [-0.4, -0.2) is 29.7 Å². The van der Waals surface area contributed by atoms with Crippen molar-refractivity contribution in [2.45, 2.75) is 25.8 Å². The highest BCUT2D eigenvalue weighted by molar-refractivity contribution is 8.33. The molecule has 39 heavy (non-hydrogen) atoms. The zero-order valence-corrected chi connectivity index (χ0v) is 22.8.